The Hall–Kier alpha value is -3.11. The van der Waals surface area contributed by atoms with Gasteiger partial charge in [0, 0.05) is 32.6 Å². The number of hydrogen-bond acceptors (Lipinski definition) is 6. The summed E-state index contributed by atoms with van der Waals surface area (Å²) in [5.74, 6) is 0.330. The Labute approximate surface area is 194 Å². The summed E-state index contributed by atoms with van der Waals surface area (Å²) < 4.78 is 37.4. The minimum Gasteiger partial charge on any atom is -0.494 e. The zero-order valence-electron chi connectivity index (χ0n) is 18.8. The Kier molecular flexibility index (Phi) is 8.29. The average molecular weight is 476 g/mol. The van der Waals surface area contributed by atoms with Crippen molar-refractivity contribution in [2.75, 3.05) is 39.9 Å². The molecular weight excluding hydrogens is 446 g/mol. The van der Waals surface area contributed by atoms with Gasteiger partial charge < -0.3 is 19.7 Å². The maximum absolute atomic E-state index is 13.2. The van der Waals surface area contributed by atoms with E-state index in [4.69, 9.17) is 4.74 Å². The molecule has 1 N–H and O–H groups in total. The number of hydrogen-bond donors (Lipinski definition) is 1. The fraction of sp³-hybridized carbons (Fsp3) is 0.391. The van der Waals surface area contributed by atoms with Gasteiger partial charge in [-0.3, -0.25) is 4.79 Å². The summed E-state index contributed by atoms with van der Waals surface area (Å²) in [6.07, 6.45) is -0.388. The predicted octanol–water partition coefficient (Wildman–Crippen LogP) is 1.89. The van der Waals surface area contributed by atoms with Crippen molar-refractivity contribution in [1.82, 2.24) is 14.5 Å². The molecule has 33 heavy (non-hydrogen) atoms. The SMILES string of the molecule is CCOc1ccc(S(=O)(=O)N2CCN(C(=O)C(Cc3ccccc3)NC(=O)OC)CC2)cc1. The lowest BCUT2D eigenvalue weighted by Gasteiger charge is -2.35. The first-order valence-corrected chi connectivity index (χ1v) is 12.2. The Balaban J connectivity index is 1.65. The number of amides is 2. The molecule has 1 atom stereocenters. The van der Waals surface area contributed by atoms with Crippen molar-refractivity contribution in [1.29, 1.82) is 0 Å². The van der Waals surface area contributed by atoms with E-state index < -0.39 is 22.2 Å². The lowest BCUT2D eigenvalue weighted by atomic mass is 10.0. The third-order valence-electron chi connectivity index (χ3n) is 5.38. The lowest BCUT2D eigenvalue weighted by Crippen LogP contribution is -2.56. The van der Waals surface area contributed by atoms with Gasteiger partial charge in [-0.05, 0) is 36.8 Å². The summed E-state index contributed by atoms with van der Waals surface area (Å²) in [5, 5.41) is 2.60. The molecule has 1 aliphatic heterocycles. The van der Waals surface area contributed by atoms with E-state index in [1.807, 2.05) is 37.3 Å². The van der Waals surface area contributed by atoms with Crippen LogP contribution in [0.25, 0.3) is 0 Å². The number of rotatable bonds is 8. The number of benzene rings is 2. The van der Waals surface area contributed by atoms with E-state index >= 15 is 0 Å². The largest absolute Gasteiger partial charge is 0.494 e. The van der Waals surface area contributed by atoms with Gasteiger partial charge in [-0.25, -0.2) is 13.2 Å². The molecule has 1 saturated heterocycles. The molecule has 3 rings (SSSR count). The summed E-state index contributed by atoms with van der Waals surface area (Å²) in [6, 6.07) is 14.8. The number of carbonyl (C=O) groups is 2. The molecule has 1 fully saturated rings. The van der Waals surface area contributed by atoms with Crippen molar-refractivity contribution in [3.8, 4) is 5.75 Å². The quantitative estimate of drug-likeness (QED) is 0.625. The summed E-state index contributed by atoms with van der Waals surface area (Å²) >= 11 is 0. The molecule has 1 heterocycles. The van der Waals surface area contributed by atoms with E-state index in [1.54, 1.807) is 17.0 Å². The zero-order valence-corrected chi connectivity index (χ0v) is 19.6. The molecule has 1 unspecified atom stereocenters. The normalized spacial score (nSPS) is 15.5. The first kappa shape index (κ1) is 24.5. The average Bonchev–Trinajstić information content (AvgIpc) is 2.84. The smallest absolute Gasteiger partial charge is 0.407 e. The van der Waals surface area contributed by atoms with E-state index in [-0.39, 0.29) is 37.0 Å². The number of carbonyl (C=O) groups excluding carboxylic acids is 2. The van der Waals surface area contributed by atoms with Crippen molar-refractivity contribution in [2.24, 2.45) is 0 Å². The van der Waals surface area contributed by atoms with Gasteiger partial charge in [0.15, 0.2) is 0 Å². The van der Waals surface area contributed by atoms with Crippen LogP contribution in [0.2, 0.25) is 0 Å². The highest BCUT2D eigenvalue weighted by Gasteiger charge is 2.33. The van der Waals surface area contributed by atoms with Gasteiger partial charge in [0.25, 0.3) is 0 Å². The van der Waals surface area contributed by atoms with Crippen LogP contribution in [-0.2, 0) is 26.0 Å². The predicted molar refractivity (Wildman–Crippen MR) is 122 cm³/mol. The Morgan fingerprint density at radius 2 is 1.64 bits per heavy atom. The summed E-state index contributed by atoms with van der Waals surface area (Å²) in [5.41, 5.74) is 0.893. The number of nitrogens with one attached hydrogen (secondary N) is 1. The molecule has 10 heteroatoms. The fourth-order valence-corrected chi connectivity index (χ4v) is 5.07. The Morgan fingerprint density at radius 1 is 1.00 bits per heavy atom. The van der Waals surface area contributed by atoms with E-state index in [1.165, 1.54) is 23.5 Å². The van der Waals surface area contributed by atoms with Crippen LogP contribution in [0.5, 0.6) is 5.75 Å². The second-order valence-corrected chi connectivity index (χ2v) is 9.45. The number of ether oxygens (including phenoxy) is 2. The van der Waals surface area contributed by atoms with Crippen molar-refractivity contribution < 1.29 is 27.5 Å². The van der Waals surface area contributed by atoms with Crippen LogP contribution in [0.3, 0.4) is 0 Å². The standard InChI is InChI=1S/C23H29N3O6S/c1-3-32-19-9-11-20(12-10-19)33(29,30)26-15-13-25(14-16-26)22(27)21(24-23(28)31-2)17-18-7-5-4-6-8-18/h4-12,21H,3,13-17H2,1-2H3,(H,24,28). The summed E-state index contributed by atoms with van der Waals surface area (Å²) in [7, 11) is -2.44. The van der Waals surface area contributed by atoms with Crippen molar-refractivity contribution >= 4 is 22.0 Å². The van der Waals surface area contributed by atoms with Gasteiger partial charge in [-0.2, -0.15) is 4.31 Å². The highest BCUT2D eigenvalue weighted by Crippen LogP contribution is 2.21. The molecule has 9 nitrogen and oxygen atoms in total. The zero-order chi connectivity index (χ0) is 23.8. The Morgan fingerprint density at radius 3 is 2.21 bits per heavy atom. The second kappa shape index (κ2) is 11.2. The van der Waals surface area contributed by atoms with Crippen LogP contribution in [0.4, 0.5) is 4.79 Å². The van der Waals surface area contributed by atoms with Crippen LogP contribution in [0.15, 0.2) is 59.5 Å². The van der Waals surface area contributed by atoms with Gasteiger partial charge in [-0.15, -0.1) is 0 Å². The topological polar surface area (TPSA) is 105 Å². The molecular formula is C23H29N3O6S. The molecule has 0 saturated carbocycles. The van der Waals surface area contributed by atoms with Crippen LogP contribution in [0, 0.1) is 0 Å². The fourth-order valence-electron chi connectivity index (χ4n) is 3.64. The van der Waals surface area contributed by atoms with Gasteiger partial charge in [0.2, 0.25) is 15.9 Å². The minimum absolute atomic E-state index is 0.164. The Bertz CT molecular complexity index is 1040. The van der Waals surface area contributed by atoms with Crippen LogP contribution < -0.4 is 10.1 Å². The van der Waals surface area contributed by atoms with E-state index in [2.05, 4.69) is 10.1 Å². The monoisotopic (exact) mass is 475 g/mol. The molecule has 0 bridgehead atoms. The number of methoxy groups -OCH3 is 1. The lowest BCUT2D eigenvalue weighted by molar-refractivity contribution is -0.134. The molecule has 178 valence electrons. The molecule has 0 aliphatic carbocycles. The highest BCUT2D eigenvalue weighted by molar-refractivity contribution is 7.89. The molecule has 2 aromatic carbocycles. The first-order chi connectivity index (χ1) is 15.8. The number of piperazine rings is 1. The molecule has 1 aliphatic rings. The summed E-state index contributed by atoms with van der Waals surface area (Å²) in [6.45, 7) is 3.14. The molecule has 2 amide bonds. The van der Waals surface area contributed by atoms with Crippen molar-refractivity contribution in [2.45, 2.75) is 24.3 Å². The maximum atomic E-state index is 13.2. The third kappa shape index (κ3) is 6.23. The number of alkyl carbamates (subject to hydrolysis) is 1. The van der Waals surface area contributed by atoms with E-state index in [9.17, 15) is 18.0 Å². The third-order valence-corrected chi connectivity index (χ3v) is 7.29. The molecule has 0 aromatic heterocycles. The van der Waals surface area contributed by atoms with Crippen molar-refractivity contribution in [3.63, 3.8) is 0 Å². The minimum atomic E-state index is -3.68. The second-order valence-electron chi connectivity index (χ2n) is 7.51. The van der Waals surface area contributed by atoms with E-state index in [0.29, 0.717) is 18.8 Å². The van der Waals surface area contributed by atoms with Crippen LogP contribution in [-0.4, -0.2) is 75.6 Å². The molecule has 0 radical (unpaired) electrons. The van der Waals surface area contributed by atoms with Crippen molar-refractivity contribution in [3.05, 3.63) is 60.2 Å². The van der Waals surface area contributed by atoms with Crippen LogP contribution in [0.1, 0.15) is 12.5 Å². The van der Waals surface area contributed by atoms with E-state index in [0.717, 1.165) is 5.56 Å². The molecule has 0 spiro atoms. The number of sulfonamides is 1. The van der Waals surface area contributed by atoms with Gasteiger partial charge in [-0.1, -0.05) is 30.3 Å². The first-order valence-electron chi connectivity index (χ1n) is 10.8. The van der Waals surface area contributed by atoms with Gasteiger partial charge in [0.1, 0.15) is 11.8 Å². The highest BCUT2D eigenvalue weighted by atomic mass is 32.2. The summed E-state index contributed by atoms with van der Waals surface area (Å²) in [4.78, 5) is 26.7. The molecule has 2 aromatic rings. The van der Waals surface area contributed by atoms with Gasteiger partial charge in [0.05, 0.1) is 18.6 Å². The van der Waals surface area contributed by atoms with Crippen LogP contribution >= 0.6 is 0 Å². The maximum Gasteiger partial charge on any atom is 0.407 e. The van der Waals surface area contributed by atoms with Gasteiger partial charge >= 0.3 is 6.09 Å². The number of nitrogens with zero attached hydrogens (tertiary/aromatic N) is 2.